The molecule has 0 radical (unpaired) electrons. The highest BCUT2D eigenvalue weighted by Gasteiger charge is 2.28. The van der Waals surface area contributed by atoms with Gasteiger partial charge in [-0.15, -0.1) is 0 Å². The zero-order chi connectivity index (χ0) is 14.1. The molecule has 0 N–H and O–H groups in total. The second-order valence-corrected chi connectivity index (χ2v) is 4.67. The predicted octanol–water partition coefficient (Wildman–Crippen LogP) is 3.00. The van der Waals surface area contributed by atoms with Crippen LogP contribution < -0.4 is 14.6 Å². The number of hydrogen-bond donors (Lipinski definition) is 0. The van der Waals surface area contributed by atoms with Crippen molar-refractivity contribution in [2.45, 2.75) is 6.92 Å². The Morgan fingerprint density at radius 1 is 1.15 bits per heavy atom. The third kappa shape index (κ3) is 1.99. The Morgan fingerprint density at radius 2 is 1.95 bits per heavy atom. The van der Waals surface area contributed by atoms with E-state index in [-0.39, 0.29) is 12.3 Å². The van der Waals surface area contributed by atoms with Gasteiger partial charge < -0.3 is 9.57 Å². The number of ketones is 1. The SMILES string of the molecule is COc1ccccc1N1CC(=O)c2c(C)cccc2O1. The minimum absolute atomic E-state index is 0.0512. The van der Waals surface area contributed by atoms with Gasteiger partial charge in [-0.2, -0.15) is 5.06 Å². The van der Waals surface area contributed by atoms with Crippen LogP contribution in [0, 0.1) is 6.92 Å². The number of carbonyl (C=O) groups is 1. The second-order valence-electron chi connectivity index (χ2n) is 4.67. The lowest BCUT2D eigenvalue weighted by molar-refractivity contribution is 0.0940. The molecule has 4 nitrogen and oxygen atoms in total. The molecule has 4 heteroatoms. The van der Waals surface area contributed by atoms with Gasteiger partial charge in [-0.05, 0) is 30.7 Å². The van der Waals surface area contributed by atoms with Crippen molar-refractivity contribution in [3.8, 4) is 11.5 Å². The molecule has 0 spiro atoms. The zero-order valence-corrected chi connectivity index (χ0v) is 11.4. The highest BCUT2D eigenvalue weighted by molar-refractivity contribution is 6.04. The minimum Gasteiger partial charge on any atom is -0.494 e. The first-order valence-corrected chi connectivity index (χ1v) is 6.42. The topological polar surface area (TPSA) is 38.8 Å². The molecule has 1 aliphatic rings. The van der Waals surface area contributed by atoms with E-state index in [9.17, 15) is 4.79 Å². The average molecular weight is 269 g/mol. The van der Waals surface area contributed by atoms with Crippen molar-refractivity contribution >= 4 is 11.5 Å². The number of methoxy groups -OCH3 is 1. The first-order chi connectivity index (χ1) is 9.70. The summed E-state index contributed by atoms with van der Waals surface area (Å²) >= 11 is 0. The maximum Gasteiger partial charge on any atom is 0.189 e. The Hall–Kier alpha value is -2.49. The zero-order valence-electron chi connectivity index (χ0n) is 11.4. The number of para-hydroxylation sites is 2. The van der Waals surface area contributed by atoms with Crippen LogP contribution in [-0.2, 0) is 0 Å². The maximum atomic E-state index is 12.3. The summed E-state index contributed by atoms with van der Waals surface area (Å²) in [6, 6.07) is 13.1. The Bertz CT molecular complexity index is 667. The van der Waals surface area contributed by atoms with Crippen LogP contribution in [0.15, 0.2) is 42.5 Å². The molecule has 0 atom stereocenters. The van der Waals surface area contributed by atoms with Gasteiger partial charge in [0.25, 0.3) is 0 Å². The molecule has 2 aromatic rings. The molecule has 0 saturated carbocycles. The van der Waals surface area contributed by atoms with Crippen molar-refractivity contribution in [3.05, 3.63) is 53.6 Å². The van der Waals surface area contributed by atoms with Crippen LogP contribution in [0.25, 0.3) is 0 Å². The van der Waals surface area contributed by atoms with E-state index in [4.69, 9.17) is 9.57 Å². The van der Waals surface area contributed by atoms with Crippen molar-refractivity contribution in [1.29, 1.82) is 0 Å². The van der Waals surface area contributed by atoms with E-state index in [0.29, 0.717) is 17.1 Å². The van der Waals surface area contributed by atoms with Gasteiger partial charge in [0.05, 0.1) is 12.7 Å². The smallest absolute Gasteiger partial charge is 0.189 e. The number of anilines is 1. The average Bonchev–Trinajstić information content (AvgIpc) is 2.47. The van der Waals surface area contributed by atoms with E-state index in [1.54, 1.807) is 12.2 Å². The van der Waals surface area contributed by atoms with Gasteiger partial charge >= 0.3 is 0 Å². The molecule has 1 heterocycles. The first kappa shape index (κ1) is 12.5. The van der Waals surface area contributed by atoms with Crippen LogP contribution in [0.5, 0.6) is 11.5 Å². The van der Waals surface area contributed by atoms with Gasteiger partial charge in [0.1, 0.15) is 18.0 Å². The summed E-state index contributed by atoms with van der Waals surface area (Å²) in [5.41, 5.74) is 2.35. The van der Waals surface area contributed by atoms with E-state index in [0.717, 1.165) is 11.3 Å². The van der Waals surface area contributed by atoms with Gasteiger partial charge in [0.2, 0.25) is 0 Å². The molecule has 0 unspecified atom stereocenters. The first-order valence-electron chi connectivity index (χ1n) is 6.42. The molecule has 3 rings (SSSR count). The lowest BCUT2D eigenvalue weighted by Gasteiger charge is -2.30. The number of ether oxygens (including phenoxy) is 1. The van der Waals surface area contributed by atoms with Crippen LogP contribution in [0.2, 0.25) is 0 Å². The third-order valence-electron chi connectivity index (χ3n) is 3.36. The summed E-state index contributed by atoms with van der Waals surface area (Å²) in [7, 11) is 1.60. The number of hydroxylamine groups is 1. The fourth-order valence-electron chi connectivity index (χ4n) is 2.40. The van der Waals surface area contributed by atoms with Crippen LogP contribution in [-0.4, -0.2) is 19.4 Å². The number of aryl methyl sites for hydroxylation is 1. The summed E-state index contributed by atoms with van der Waals surface area (Å²) in [4.78, 5) is 18.2. The standard InChI is InChI=1S/C16H15NO3/c1-11-6-5-9-15-16(11)13(18)10-17(20-15)12-7-3-4-8-14(12)19-2/h3-9H,10H2,1-2H3. The molecule has 20 heavy (non-hydrogen) atoms. The fraction of sp³-hybridized carbons (Fsp3) is 0.188. The van der Waals surface area contributed by atoms with E-state index in [1.807, 2.05) is 49.4 Å². The van der Waals surface area contributed by atoms with Gasteiger partial charge in [-0.25, -0.2) is 0 Å². The van der Waals surface area contributed by atoms with Crippen LogP contribution >= 0.6 is 0 Å². The number of Topliss-reactive ketones (excluding diaryl/α,β-unsaturated/α-hetero) is 1. The molecular weight excluding hydrogens is 254 g/mol. The van der Waals surface area contributed by atoms with Crippen LogP contribution in [0.4, 0.5) is 5.69 Å². The summed E-state index contributed by atoms with van der Waals surface area (Å²) in [6.45, 7) is 2.09. The van der Waals surface area contributed by atoms with E-state index in [1.165, 1.54) is 0 Å². The molecule has 0 bridgehead atoms. The number of nitrogens with zero attached hydrogens (tertiary/aromatic N) is 1. The Balaban J connectivity index is 2.02. The van der Waals surface area contributed by atoms with Crippen molar-refractivity contribution < 1.29 is 14.4 Å². The second kappa shape index (κ2) is 4.89. The lowest BCUT2D eigenvalue weighted by Crippen LogP contribution is -2.38. The number of rotatable bonds is 2. The lowest BCUT2D eigenvalue weighted by atomic mass is 10.0. The number of fused-ring (bicyclic) bond motifs is 1. The van der Waals surface area contributed by atoms with Gasteiger partial charge in [0.15, 0.2) is 11.5 Å². The van der Waals surface area contributed by atoms with Crippen LogP contribution in [0.1, 0.15) is 15.9 Å². The molecule has 0 saturated heterocycles. The maximum absolute atomic E-state index is 12.3. The molecule has 0 aromatic heterocycles. The van der Waals surface area contributed by atoms with E-state index in [2.05, 4.69) is 0 Å². The molecular formula is C16H15NO3. The van der Waals surface area contributed by atoms with Crippen molar-refractivity contribution in [1.82, 2.24) is 0 Å². The summed E-state index contributed by atoms with van der Waals surface area (Å²) in [5.74, 6) is 1.32. The Labute approximate surface area is 117 Å². The van der Waals surface area contributed by atoms with Crippen molar-refractivity contribution in [2.24, 2.45) is 0 Å². The monoisotopic (exact) mass is 269 g/mol. The summed E-state index contributed by atoms with van der Waals surface area (Å²) in [6.07, 6.45) is 0. The van der Waals surface area contributed by atoms with E-state index >= 15 is 0 Å². The fourth-order valence-corrected chi connectivity index (χ4v) is 2.40. The highest BCUT2D eigenvalue weighted by atomic mass is 16.7. The Morgan fingerprint density at radius 3 is 2.75 bits per heavy atom. The molecule has 102 valence electrons. The molecule has 0 aliphatic carbocycles. The quantitative estimate of drug-likeness (QED) is 0.840. The van der Waals surface area contributed by atoms with Gasteiger partial charge in [-0.3, -0.25) is 4.79 Å². The number of benzene rings is 2. The molecule has 2 aromatic carbocycles. The normalized spacial score (nSPS) is 13.7. The van der Waals surface area contributed by atoms with Crippen molar-refractivity contribution in [2.75, 3.05) is 18.7 Å². The Kier molecular flexibility index (Phi) is 3.06. The largest absolute Gasteiger partial charge is 0.494 e. The van der Waals surface area contributed by atoms with Gasteiger partial charge in [-0.1, -0.05) is 24.3 Å². The number of hydrogen-bond acceptors (Lipinski definition) is 4. The summed E-state index contributed by atoms with van der Waals surface area (Å²) < 4.78 is 5.31. The van der Waals surface area contributed by atoms with Crippen molar-refractivity contribution in [3.63, 3.8) is 0 Å². The molecule has 0 amide bonds. The summed E-state index contributed by atoms with van der Waals surface area (Å²) in [5, 5.41) is 1.57. The van der Waals surface area contributed by atoms with Gasteiger partial charge in [0, 0.05) is 0 Å². The highest BCUT2D eigenvalue weighted by Crippen LogP contribution is 2.34. The molecule has 1 aliphatic heterocycles. The molecule has 0 fully saturated rings. The third-order valence-corrected chi connectivity index (χ3v) is 3.36. The van der Waals surface area contributed by atoms with Crippen LogP contribution in [0.3, 0.4) is 0 Å². The predicted molar refractivity (Wildman–Crippen MR) is 76.5 cm³/mol. The number of carbonyl (C=O) groups excluding carboxylic acids is 1. The van der Waals surface area contributed by atoms with E-state index < -0.39 is 0 Å². The minimum atomic E-state index is 0.0512.